The van der Waals surface area contributed by atoms with E-state index in [1.807, 2.05) is 102 Å². The molecule has 0 saturated carbocycles. The van der Waals surface area contributed by atoms with Crippen LogP contribution in [0.1, 0.15) is 93.4 Å². The van der Waals surface area contributed by atoms with Crippen molar-refractivity contribution in [3.05, 3.63) is 131 Å². The van der Waals surface area contributed by atoms with Crippen LogP contribution < -0.4 is 9.47 Å². The lowest BCUT2D eigenvalue weighted by atomic mass is 10.1. The summed E-state index contributed by atoms with van der Waals surface area (Å²) in [4.78, 5) is 15.7. The Morgan fingerprint density at radius 1 is 0.635 bits per heavy atom. The molecule has 0 aliphatic carbocycles. The summed E-state index contributed by atoms with van der Waals surface area (Å²) in [5.41, 5.74) is 3.91. The molecule has 0 bridgehead atoms. The molecule has 0 aromatic heterocycles. The highest BCUT2D eigenvalue weighted by molar-refractivity contribution is 7.53. The molecule has 4 rings (SSSR count). The summed E-state index contributed by atoms with van der Waals surface area (Å²) >= 11 is 0. The molecule has 8 heteroatoms. The van der Waals surface area contributed by atoms with Gasteiger partial charge in [-0.05, 0) is 65.8 Å². The lowest BCUT2D eigenvalue weighted by Gasteiger charge is -2.25. The van der Waals surface area contributed by atoms with Crippen LogP contribution in [0.25, 0.3) is 0 Å². The SMILES string of the molecule is CCCCCCCCCCOc1cccc(CCC(=O)N(CCCP(=O)(OCc2ccccc2)OCc2ccccc2)Cc2ccc(OC)cc2)c1. The predicted molar refractivity (Wildman–Crippen MR) is 211 cm³/mol. The van der Waals surface area contributed by atoms with Crippen molar-refractivity contribution in [3.63, 3.8) is 0 Å². The highest BCUT2D eigenvalue weighted by Crippen LogP contribution is 2.50. The number of carbonyl (C=O) groups excluding carboxylic acids is 1. The number of carbonyl (C=O) groups is 1. The summed E-state index contributed by atoms with van der Waals surface area (Å²) in [7, 11) is -1.85. The van der Waals surface area contributed by atoms with Crippen molar-refractivity contribution >= 4 is 13.5 Å². The Bertz CT molecular complexity index is 1550. The van der Waals surface area contributed by atoms with Crippen molar-refractivity contribution < 1.29 is 27.9 Å². The van der Waals surface area contributed by atoms with Gasteiger partial charge in [-0.15, -0.1) is 0 Å². The molecule has 0 aliphatic rings. The summed E-state index contributed by atoms with van der Waals surface area (Å²) in [5.74, 6) is 1.65. The fraction of sp³-hybridized carbons (Fsp3) is 0.432. The quantitative estimate of drug-likeness (QED) is 0.0473. The highest BCUT2D eigenvalue weighted by Gasteiger charge is 2.26. The number of hydrogen-bond acceptors (Lipinski definition) is 6. The van der Waals surface area contributed by atoms with Gasteiger partial charge in [-0.3, -0.25) is 9.36 Å². The Morgan fingerprint density at radius 2 is 1.23 bits per heavy atom. The number of benzene rings is 4. The Morgan fingerprint density at radius 3 is 1.85 bits per heavy atom. The molecule has 0 atom stereocenters. The van der Waals surface area contributed by atoms with Gasteiger partial charge in [0.2, 0.25) is 5.91 Å². The van der Waals surface area contributed by atoms with Crippen LogP contribution in [0.4, 0.5) is 0 Å². The van der Waals surface area contributed by atoms with Crippen LogP contribution in [0, 0.1) is 0 Å². The largest absolute Gasteiger partial charge is 0.497 e. The van der Waals surface area contributed by atoms with Crippen molar-refractivity contribution in [2.75, 3.05) is 26.4 Å². The Labute approximate surface area is 312 Å². The van der Waals surface area contributed by atoms with Crippen LogP contribution in [0.15, 0.2) is 109 Å². The summed E-state index contributed by atoms with van der Waals surface area (Å²) in [6.45, 7) is 4.18. The first-order valence-electron chi connectivity index (χ1n) is 19.0. The Hall–Kier alpha value is -3.90. The molecule has 1 amide bonds. The molecule has 280 valence electrons. The Balaban J connectivity index is 1.33. The monoisotopic (exact) mass is 727 g/mol. The van der Waals surface area contributed by atoms with E-state index in [1.54, 1.807) is 7.11 Å². The van der Waals surface area contributed by atoms with Crippen molar-refractivity contribution in [2.45, 2.75) is 97.3 Å². The van der Waals surface area contributed by atoms with Crippen LogP contribution in [-0.4, -0.2) is 37.2 Å². The lowest BCUT2D eigenvalue weighted by Crippen LogP contribution is -2.32. The van der Waals surface area contributed by atoms with Gasteiger partial charge in [0, 0.05) is 19.5 Å². The number of rotatable bonds is 26. The van der Waals surface area contributed by atoms with Crippen LogP contribution in [0.5, 0.6) is 11.5 Å². The number of ether oxygens (including phenoxy) is 2. The van der Waals surface area contributed by atoms with E-state index in [1.165, 1.54) is 44.9 Å². The van der Waals surface area contributed by atoms with Gasteiger partial charge in [-0.25, -0.2) is 0 Å². The molecular weight excluding hydrogens is 669 g/mol. The van der Waals surface area contributed by atoms with Gasteiger partial charge in [-0.2, -0.15) is 0 Å². The third-order valence-electron chi connectivity index (χ3n) is 9.08. The molecule has 52 heavy (non-hydrogen) atoms. The third kappa shape index (κ3) is 15.8. The molecule has 0 N–H and O–H groups in total. The number of aryl methyl sites for hydroxylation is 1. The summed E-state index contributed by atoms with van der Waals surface area (Å²) < 4.78 is 37.5. The first-order valence-corrected chi connectivity index (χ1v) is 20.8. The second-order valence-electron chi connectivity index (χ2n) is 13.3. The highest BCUT2D eigenvalue weighted by atomic mass is 31.2. The zero-order chi connectivity index (χ0) is 36.7. The van der Waals surface area contributed by atoms with E-state index in [4.69, 9.17) is 18.5 Å². The fourth-order valence-electron chi connectivity index (χ4n) is 5.99. The maximum Gasteiger partial charge on any atom is 0.331 e. The summed E-state index contributed by atoms with van der Waals surface area (Å²) in [5, 5.41) is 0. The average Bonchev–Trinajstić information content (AvgIpc) is 3.18. The third-order valence-corrected chi connectivity index (χ3v) is 11.0. The Kier molecular flexibility index (Phi) is 18.6. The molecule has 0 unspecified atom stereocenters. The van der Waals surface area contributed by atoms with Gasteiger partial charge in [0.1, 0.15) is 11.5 Å². The van der Waals surface area contributed by atoms with Gasteiger partial charge >= 0.3 is 7.60 Å². The van der Waals surface area contributed by atoms with E-state index in [0.29, 0.717) is 39.0 Å². The first-order chi connectivity index (χ1) is 25.5. The standard InChI is InChI=1S/C44H58NO6P/c1-3-4-5-6-7-8-9-16-32-49-43-24-17-23-38(34-43)27-30-44(46)45(35-39-25-28-42(48-2)29-26-39)31-18-33-52(47,50-36-40-19-12-10-13-20-40)51-37-41-21-14-11-15-22-41/h10-15,17,19-26,28-29,34H,3-9,16,18,27,30-33,35-37H2,1-2H3. The molecule has 4 aromatic carbocycles. The normalized spacial score (nSPS) is 11.3. The lowest BCUT2D eigenvalue weighted by molar-refractivity contribution is -0.131. The van der Waals surface area contributed by atoms with Gasteiger partial charge in [0.15, 0.2) is 0 Å². The minimum absolute atomic E-state index is 0.0336. The van der Waals surface area contributed by atoms with Crippen molar-refractivity contribution in [3.8, 4) is 11.5 Å². The molecule has 0 saturated heterocycles. The first kappa shape index (κ1) is 40.9. The molecule has 7 nitrogen and oxygen atoms in total. The number of unbranched alkanes of at least 4 members (excludes halogenated alkanes) is 7. The molecular formula is C44H58NO6P. The number of nitrogens with zero attached hydrogens (tertiary/aromatic N) is 1. The van der Waals surface area contributed by atoms with Crippen molar-refractivity contribution in [1.29, 1.82) is 0 Å². The topological polar surface area (TPSA) is 74.3 Å². The van der Waals surface area contributed by atoms with Crippen molar-refractivity contribution in [1.82, 2.24) is 4.90 Å². The fourth-order valence-corrected chi connectivity index (χ4v) is 7.54. The van der Waals surface area contributed by atoms with E-state index in [-0.39, 0.29) is 25.3 Å². The van der Waals surface area contributed by atoms with E-state index in [0.717, 1.165) is 40.2 Å². The van der Waals surface area contributed by atoms with E-state index < -0.39 is 7.60 Å². The van der Waals surface area contributed by atoms with Crippen LogP contribution in [0.3, 0.4) is 0 Å². The van der Waals surface area contributed by atoms with Gasteiger partial charge in [-0.1, -0.05) is 137 Å². The van der Waals surface area contributed by atoms with E-state index in [9.17, 15) is 9.36 Å². The van der Waals surface area contributed by atoms with Gasteiger partial charge in [0.25, 0.3) is 0 Å². The van der Waals surface area contributed by atoms with Crippen LogP contribution >= 0.6 is 7.60 Å². The molecule has 0 radical (unpaired) electrons. The summed E-state index contributed by atoms with van der Waals surface area (Å²) in [6.07, 6.45) is 11.7. The maximum atomic E-state index is 14.1. The van der Waals surface area contributed by atoms with E-state index >= 15 is 0 Å². The van der Waals surface area contributed by atoms with E-state index in [2.05, 4.69) is 19.1 Å². The van der Waals surface area contributed by atoms with Gasteiger partial charge < -0.3 is 23.4 Å². The number of hydrogen-bond donors (Lipinski definition) is 0. The average molecular weight is 728 g/mol. The molecule has 4 aromatic rings. The molecule has 0 heterocycles. The number of methoxy groups -OCH3 is 1. The van der Waals surface area contributed by atoms with Gasteiger partial charge in [0.05, 0.1) is 33.1 Å². The molecule has 0 spiro atoms. The van der Waals surface area contributed by atoms with Crippen LogP contribution in [-0.2, 0) is 44.6 Å². The van der Waals surface area contributed by atoms with Crippen molar-refractivity contribution in [2.24, 2.45) is 0 Å². The van der Waals surface area contributed by atoms with Crippen LogP contribution in [0.2, 0.25) is 0 Å². The minimum Gasteiger partial charge on any atom is -0.497 e. The number of amides is 1. The summed E-state index contributed by atoms with van der Waals surface area (Å²) in [6, 6.07) is 35.2. The second kappa shape index (κ2) is 23.6. The predicted octanol–water partition coefficient (Wildman–Crippen LogP) is 11.2. The second-order valence-corrected chi connectivity index (χ2v) is 15.5. The smallest absolute Gasteiger partial charge is 0.331 e. The zero-order valence-corrected chi connectivity index (χ0v) is 32.2. The zero-order valence-electron chi connectivity index (χ0n) is 31.3. The maximum absolute atomic E-state index is 14.1. The minimum atomic E-state index is -3.49. The molecule has 0 fully saturated rings. The molecule has 0 aliphatic heterocycles.